The highest BCUT2D eigenvalue weighted by atomic mass is 19.1. The van der Waals surface area contributed by atoms with Crippen molar-refractivity contribution in [2.45, 2.75) is 19.3 Å². The van der Waals surface area contributed by atoms with Crippen LogP contribution in [0.2, 0.25) is 0 Å². The van der Waals surface area contributed by atoms with Gasteiger partial charge < -0.3 is 26.2 Å². The van der Waals surface area contributed by atoms with Crippen molar-refractivity contribution in [1.29, 1.82) is 0 Å². The standard InChI is InChI=1S/C23H27F2N9O2/c24-15-10-29-21-18(20(26)31-34(21)13-15)23(36)30-17-12-27-11-16(25)19(17)33-7-2-14(3-8-33)22(35)28-4-9-32-5-1-6-32/h10-14H,1-9H2,(H2,26,31)(H,28,35)(H,30,36). The number of carbonyl (C=O) groups excluding carboxylic acids is 2. The van der Waals surface area contributed by atoms with Gasteiger partial charge in [0, 0.05) is 32.1 Å². The van der Waals surface area contributed by atoms with E-state index in [-0.39, 0.29) is 40.2 Å². The largest absolute Gasteiger partial charge is 0.381 e. The van der Waals surface area contributed by atoms with Crippen LogP contribution >= 0.6 is 0 Å². The molecule has 0 unspecified atom stereocenters. The summed E-state index contributed by atoms with van der Waals surface area (Å²) in [5.41, 5.74) is 6.23. The molecule has 2 saturated heterocycles. The third-order valence-electron chi connectivity index (χ3n) is 6.67. The number of amides is 2. The first-order valence-corrected chi connectivity index (χ1v) is 11.9. The highest BCUT2D eigenvalue weighted by Crippen LogP contribution is 2.32. The maximum absolute atomic E-state index is 14.9. The van der Waals surface area contributed by atoms with Crippen LogP contribution in [0.5, 0.6) is 0 Å². The van der Waals surface area contributed by atoms with E-state index in [0.717, 1.165) is 42.7 Å². The number of nitrogens with zero attached hydrogens (tertiary/aromatic N) is 6. The molecule has 0 aliphatic carbocycles. The maximum Gasteiger partial charge on any atom is 0.263 e. The minimum absolute atomic E-state index is 0.0198. The van der Waals surface area contributed by atoms with Gasteiger partial charge in [-0.25, -0.2) is 18.3 Å². The Morgan fingerprint density at radius 1 is 1.11 bits per heavy atom. The zero-order valence-electron chi connectivity index (χ0n) is 19.6. The molecule has 0 radical (unpaired) electrons. The van der Waals surface area contributed by atoms with Crippen molar-refractivity contribution in [3.63, 3.8) is 0 Å². The van der Waals surface area contributed by atoms with Gasteiger partial charge in [0.25, 0.3) is 5.91 Å². The van der Waals surface area contributed by atoms with Gasteiger partial charge in [-0.1, -0.05) is 0 Å². The van der Waals surface area contributed by atoms with E-state index in [0.29, 0.717) is 32.5 Å². The summed E-state index contributed by atoms with van der Waals surface area (Å²) in [5, 5.41) is 9.57. The van der Waals surface area contributed by atoms with Crippen LogP contribution in [0.3, 0.4) is 0 Å². The first-order valence-electron chi connectivity index (χ1n) is 11.9. The molecule has 36 heavy (non-hydrogen) atoms. The Kier molecular flexibility index (Phi) is 6.63. The van der Waals surface area contributed by atoms with Gasteiger partial charge in [-0.3, -0.25) is 14.6 Å². The summed E-state index contributed by atoms with van der Waals surface area (Å²) in [7, 11) is 0. The summed E-state index contributed by atoms with van der Waals surface area (Å²) in [6.07, 6.45) is 6.75. The first-order chi connectivity index (χ1) is 17.4. The Morgan fingerprint density at radius 2 is 1.89 bits per heavy atom. The highest BCUT2D eigenvalue weighted by molar-refractivity contribution is 6.12. The zero-order valence-corrected chi connectivity index (χ0v) is 19.6. The Hall–Kier alpha value is -3.87. The molecule has 4 N–H and O–H groups in total. The second-order valence-corrected chi connectivity index (χ2v) is 9.02. The lowest BCUT2D eigenvalue weighted by Crippen LogP contribution is -2.45. The molecule has 2 aliphatic rings. The van der Waals surface area contributed by atoms with E-state index in [1.54, 1.807) is 4.90 Å². The molecule has 5 rings (SSSR count). The summed E-state index contributed by atoms with van der Waals surface area (Å²) in [6.45, 7) is 4.54. The molecule has 5 heterocycles. The number of nitrogens with one attached hydrogen (secondary N) is 2. The number of likely N-dealkylation sites (tertiary alicyclic amines) is 1. The smallest absolute Gasteiger partial charge is 0.263 e. The van der Waals surface area contributed by atoms with Crippen molar-refractivity contribution >= 4 is 34.7 Å². The van der Waals surface area contributed by atoms with Gasteiger partial charge in [0.15, 0.2) is 23.1 Å². The predicted molar refractivity (Wildman–Crippen MR) is 129 cm³/mol. The number of halogens is 2. The van der Waals surface area contributed by atoms with Crippen LogP contribution in [0.4, 0.5) is 26.0 Å². The number of pyridine rings is 1. The number of nitrogen functional groups attached to an aromatic ring is 1. The van der Waals surface area contributed by atoms with E-state index in [9.17, 15) is 18.4 Å². The van der Waals surface area contributed by atoms with Crippen molar-refractivity contribution in [1.82, 2.24) is 29.8 Å². The molecule has 0 bridgehead atoms. The molecule has 3 aromatic heterocycles. The van der Waals surface area contributed by atoms with Crippen LogP contribution in [0.1, 0.15) is 29.6 Å². The maximum atomic E-state index is 14.9. The van der Waals surface area contributed by atoms with Crippen molar-refractivity contribution < 1.29 is 18.4 Å². The lowest BCUT2D eigenvalue weighted by molar-refractivity contribution is -0.125. The third-order valence-corrected chi connectivity index (χ3v) is 6.67. The molecule has 2 aliphatic heterocycles. The van der Waals surface area contributed by atoms with Crippen LogP contribution < -0.4 is 21.3 Å². The van der Waals surface area contributed by atoms with Gasteiger partial charge in [0.05, 0.1) is 30.5 Å². The summed E-state index contributed by atoms with van der Waals surface area (Å²) in [4.78, 5) is 37.5. The molecule has 0 spiro atoms. The number of anilines is 3. The fourth-order valence-electron chi connectivity index (χ4n) is 4.63. The van der Waals surface area contributed by atoms with Crippen LogP contribution in [0, 0.1) is 17.6 Å². The number of fused-ring (bicyclic) bond motifs is 1. The molecule has 190 valence electrons. The van der Waals surface area contributed by atoms with Gasteiger partial charge in [-0.15, -0.1) is 5.10 Å². The van der Waals surface area contributed by atoms with Crippen LogP contribution in [-0.4, -0.2) is 75.6 Å². The van der Waals surface area contributed by atoms with E-state index < -0.39 is 17.5 Å². The number of aromatic nitrogens is 4. The van der Waals surface area contributed by atoms with Gasteiger partial charge in [-0.2, -0.15) is 0 Å². The molecule has 0 atom stereocenters. The van der Waals surface area contributed by atoms with E-state index >= 15 is 0 Å². The number of nitrogens with two attached hydrogens (primary N) is 1. The molecule has 11 nitrogen and oxygen atoms in total. The van der Waals surface area contributed by atoms with Crippen molar-refractivity contribution in [2.75, 3.05) is 55.2 Å². The van der Waals surface area contributed by atoms with E-state index in [1.165, 1.54) is 12.6 Å². The summed E-state index contributed by atoms with van der Waals surface area (Å²) in [6, 6.07) is 0. The second kappa shape index (κ2) is 10.0. The zero-order chi connectivity index (χ0) is 25.2. The fraction of sp³-hybridized carbons (Fsp3) is 0.435. The average Bonchev–Trinajstić information content (AvgIpc) is 3.15. The first kappa shape index (κ1) is 23.9. The number of hydrogen-bond donors (Lipinski definition) is 3. The average molecular weight is 500 g/mol. The lowest BCUT2D eigenvalue weighted by atomic mass is 9.95. The van der Waals surface area contributed by atoms with Crippen LogP contribution in [0.15, 0.2) is 24.8 Å². The SMILES string of the molecule is Nc1nn2cc(F)cnc2c1C(=O)Nc1cncc(F)c1N1CCC(C(=O)NCCN2CCC2)CC1. The highest BCUT2D eigenvalue weighted by Gasteiger charge is 2.29. The van der Waals surface area contributed by atoms with Gasteiger partial charge >= 0.3 is 0 Å². The minimum Gasteiger partial charge on any atom is -0.381 e. The summed E-state index contributed by atoms with van der Waals surface area (Å²) in [5.74, 6) is -2.18. The van der Waals surface area contributed by atoms with Crippen LogP contribution in [0.25, 0.3) is 5.65 Å². The normalized spacial score (nSPS) is 16.7. The van der Waals surface area contributed by atoms with E-state index in [1.807, 2.05) is 0 Å². The van der Waals surface area contributed by atoms with Crippen molar-refractivity contribution in [2.24, 2.45) is 5.92 Å². The van der Waals surface area contributed by atoms with Gasteiger partial charge in [-0.05, 0) is 32.4 Å². The molecule has 3 aromatic rings. The molecule has 2 fully saturated rings. The topological polar surface area (TPSA) is 134 Å². The molecular formula is C23H27F2N9O2. The summed E-state index contributed by atoms with van der Waals surface area (Å²) < 4.78 is 29.4. The Labute approximate surface area is 205 Å². The molecule has 0 aromatic carbocycles. The number of hydrogen-bond acceptors (Lipinski definition) is 8. The van der Waals surface area contributed by atoms with E-state index in [4.69, 9.17) is 5.73 Å². The molecule has 2 amide bonds. The predicted octanol–water partition coefficient (Wildman–Crippen LogP) is 1.28. The van der Waals surface area contributed by atoms with E-state index in [2.05, 4.69) is 30.6 Å². The fourth-order valence-corrected chi connectivity index (χ4v) is 4.63. The molecular weight excluding hydrogens is 472 g/mol. The van der Waals surface area contributed by atoms with Crippen molar-refractivity contribution in [3.05, 3.63) is 42.0 Å². The number of piperidine rings is 1. The Morgan fingerprint density at radius 3 is 2.61 bits per heavy atom. The second-order valence-electron chi connectivity index (χ2n) is 9.02. The van der Waals surface area contributed by atoms with Gasteiger partial charge in [0.2, 0.25) is 5.91 Å². The Balaban J connectivity index is 1.26. The third kappa shape index (κ3) is 4.78. The number of rotatable bonds is 7. The Bertz CT molecular complexity index is 1290. The number of carbonyl (C=O) groups is 2. The van der Waals surface area contributed by atoms with Gasteiger partial charge in [0.1, 0.15) is 11.3 Å². The summed E-state index contributed by atoms with van der Waals surface area (Å²) >= 11 is 0. The quantitative estimate of drug-likeness (QED) is 0.443. The van der Waals surface area contributed by atoms with Crippen LogP contribution in [-0.2, 0) is 4.79 Å². The monoisotopic (exact) mass is 499 g/mol. The lowest BCUT2D eigenvalue weighted by Gasteiger charge is -2.34. The molecule has 13 heteroatoms. The van der Waals surface area contributed by atoms with Crippen molar-refractivity contribution in [3.8, 4) is 0 Å². The molecule has 0 saturated carbocycles. The minimum atomic E-state index is -0.674.